The predicted molar refractivity (Wildman–Crippen MR) is 109 cm³/mol. The van der Waals surface area contributed by atoms with Crippen LogP contribution >= 0.6 is 11.8 Å². The Morgan fingerprint density at radius 1 is 1.19 bits per heavy atom. The first-order chi connectivity index (χ1) is 12.4. The lowest BCUT2D eigenvalue weighted by atomic mass is 10.1. The Bertz CT molecular complexity index is 678. The first-order valence-corrected chi connectivity index (χ1v) is 10.1. The van der Waals surface area contributed by atoms with E-state index in [4.69, 9.17) is 0 Å². The van der Waals surface area contributed by atoms with E-state index in [0.29, 0.717) is 12.3 Å². The van der Waals surface area contributed by atoms with Crippen LogP contribution < -0.4 is 4.90 Å². The standard InChI is InChI=1S/C20H29N3O2S/c1-6-22(7-2)11-12-23(20-15(3)9-8-10-16(20)4)17(24)13-19-21(5)18(25)14-26-19/h8-10,13H,6-7,11-12,14H2,1-5H3/b19-13-. The van der Waals surface area contributed by atoms with Crippen molar-refractivity contribution in [1.29, 1.82) is 0 Å². The number of anilines is 1. The van der Waals surface area contributed by atoms with Gasteiger partial charge >= 0.3 is 0 Å². The highest BCUT2D eigenvalue weighted by molar-refractivity contribution is 8.04. The molecule has 1 aliphatic heterocycles. The number of aryl methyl sites for hydroxylation is 2. The van der Waals surface area contributed by atoms with Gasteiger partial charge < -0.3 is 14.7 Å². The Kier molecular flexibility index (Phi) is 7.29. The Balaban J connectivity index is 2.32. The summed E-state index contributed by atoms with van der Waals surface area (Å²) >= 11 is 1.42. The lowest BCUT2D eigenvalue weighted by molar-refractivity contribution is -0.124. The molecule has 0 radical (unpaired) electrons. The summed E-state index contributed by atoms with van der Waals surface area (Å²) in [6.45, 7) is 11.7. The van der Waals surface area contributed by atoms with E-state index in [0.717, 1.165) is 41.5 Å². The molecule has 26 heavy (non-hydrogen) atoms. The quantitative estimate of drug-likeness (QED) is 0.687. The summed E-state index contributed by atoms with van der Waals surface area (Å²) in [5, 5.41) is 0.721. The molecule has 142 valence electrons. The van der Waals surface area contributed by atoms with Gasteiger partial charge in [-0.1, -0.05) is 43.8 Å². The first-order valence-electron chi connectivity index (χ1n) is 9.10. The predicted octanol–water partition coefficient (Wildman–Crippen LogP) is 3.02. The maximum Gasteiger partial charge on any atom is 0.253 e. The van der Waals surface area contributed by atoms with Gasteiger partial charge in [0.2, 0.25) is 5.91 Å². The zero-order valence-electron chi connectivity index (χ0n) is 16.4. The van der Waals surface area contributed by atoms with Crippen molar-refractivity contribution in [2.45, 2.75) is 27.7 Å². The smallest absolute Gasteiger partial charge is 0.253 e. The van der Waals surface area contributed by atoms with Gasteiger partial charge in [0.25, 0.3) is 5.91 Å². The molecule has 2 rings (SSSR count). The number of carbonyl (C=O) groups excluding carboxylic acids is 2. The van der Waals surface area contributed by atoms with Crippen LogP contribution in [0.25, 0.3) is 0 Å². The van der Waals surface area contributed by atoms with E-state index in [-0.39, 0.29) is 11.8 Å². The maximum atomic E-state index is 13.1. The summed E-state index contributed by atoms with van der Waals surface area (Å²) in [5.41, 5.74) is 3.14. The molecule has 6 heteroatoms. The number of hydrogen-bond acceptors (Lipinski definition) is 4. The highest BCUT2D eigenvalue weighted by Crippen LogP contribution is 2.29. The second kappa shape index (κ2) is 9.24. The van der Waals surface area contributed by atoms with E-state index in [1.54, 1.807) is 18.0 Å². The fourth-order valence-corrected chi connectivity index (χ4v) is 4.06. The number of carbonyl (C=O) groups is 2. The van der Waals surface area contributed by atoms with Gasteiger partial charge in [0.05, 0.1) is 10.8 Å². The van der Waals surface area contributed by atoms with Gasteiger partial charge in [0.15, 0.2) is 0 Å². The van der Waals surface area contributed by atoms with Crippen molar-refractivity contribution in [3.8, 4) is 0 Å². The van der Waals surface area contributed by atoms with E-state index >= 15 is 0 Å². The van der Waals surface area contributed by atoms with Gasteiger partial charge in [-0.05, 0) is 38.1 Å². The normalized spacial score (nSPS) is 16.0. The number of rotatable bonds is 7. The topological polar surface area (TPSA) is 43.9 Å². The molecular weight excluding hydrogens is 346 g/mol. The highest BCUT2D eigenvalue weighted by atomic mass is 32.2. The molecule has 1 saturated heterocycles. The minimum Gasteiger partial charge on any atom is -0.309 e. The van der Waals surface area contributed by atoms with Crippen LogP contribution in [0.2, 0.25) is 0 Å². The lowest BCUT2D eigenvalue weighted by Crippen LogP contribution is -2.39. The number of nitrogens with zero attached hydrogens (tertiary/aromatic N) is 3. The molecule has 0 aromatic heterocycles. The van der Waals surface area contributed by atoms with E-state index in [1.807, 2.05) is 36.9 Å². The van der Waals surface area contributed by atoms with Crippen molar-refractivity contribution in [2.24, 2.45) is 0 Å². The molecule has 1 fully saturated rings. The van der Waals surface area contributed by atoms with Gasteiger partial charge in [-0.25, -0.2) is 0 Å². The van der Waals surface area contributed by atoms with Crippen molar-refractivity contribution in [1.82, 2.24) is 9.80 Å². The molecule has 2 amide bonds. The Labute approximate surface area is 161 Å². The van der Waals surface area contributed by atoms with Crippen LogP contribution in [0.3, 0.4) is 0 Å². The van der Waals surface area contributed by atoms with Gasteiger partial charge in [0, 0.05) is 31.9 Å². The molecule has 0 aliphatic carbocycles. The molecular formula is C20H29N3O2S. The average molecular weight is 376 g/mol. The first kappa shape index (κ1) is 20.5. The summed E-state index contributed by atoms with van der Waals surface area (Å²) in [6.07, 6.45) is 1.60. The zero-order valence-corrected chi connectivity index (χ0v) is 17.2. The van der Waals surface area contributed by atoms with Crippen molar-refractivity contribution in [2.75, 3.05) is 43.9 Å². The van der Waals surface area contributed by atoms with Gasteiger partial charge in [0.1, 0.15) is 0 Å². The minimum absolute atomic E-state index is 0.0378. The summed E-state index contributed by atoms with van der Waals surface area (Å²) in [7, 11) is 1.72. The summed E-state index contributed by atoms with van der Waals surface area (Å²) < 4.78 is 0. The molecule has 0 atom stereocenters. The molecule has 0 saturated carbocycles. The third-order valence-electron chi connectivity index (χ3n) is 4.80. The second-order valence-corrected chi connectivity index (χ2v) is 7.48. The lowest BCUT2D eigenvalue weighted by Gasteiger charge is -2.28. The van der Waals surface area contributed by atoms with Gasteiger partial charge in [-0.3, -0.25) is 9.59 Å². The Morgan fingerprint density at radius 2 is 1.81 bits per heavy atom. The number of likely N-dealkylation sites (N-methyl/N-ethyl adjacent to an activating group) is 1. The number of hydrogen-bond donors (Lipinski definition) is 0. The zero-order chi connectivity index (χ0) is 19.3. The van der Waals surface area contributed by atoms with Crippen molar-refractivity contribution in [3.63, 3.8) is 0 Å². The van der Waals surface area contributed by atoms with Crippen molar-refractivity contribution < 1.29 is 9.59 Å². The summed E-state index contributed by atoms with van der Waals surface area (Å²) in [6, 6.07) is 6.08. The van der Waals surface area contributed by atoms with Gasteiger partial charge in [-0.15, -0.1) is 0 Å². The molecule has 1 aliphatic rings. The molecule has 1 heterocycles. The fourth-order valence-electron chi connectivity index (χ4n) is 3.12. The Hall–Kier alpha value is -1.79. The number of thioether (sulfide) groups is 1. The monoisotopic (exact) mass is 375 g/mol. The fraction of sp³-hybridized carbons (Fsp3) is 0.500. The SMILES string of the molecule is CCN(CC)CCN(C(=O)/C=C1\SCC(=O)N1C)c1c(C)cccc1C. The van der Waals surface area contributed by atoms with E-state index < -0.39 is 0 Å². The van der Waals surface area contributed by atoms with E-state index in [9.17, 15) is 9.59 Å². The summed E-state index contributed by atoms with van der Waals surface area (Å²) in [4.78, 5) is 30.6. The van der Waals surface area contributed by atoms with E-state index in [1.165, 1.54) is 11.8 Å². The molecule has 1 aromatic rings. The molecule has 0 bridgehead atoms. The van der Waals surface area contributed by atoms with Crippen LogP contribution in [-0.2, 0) is 9.59 Å². The minimum atomic E-state index is -0.0707. The van der Waals surface area contributed by atoms with Crippen LogP contribution in [0.1, 0.15) is 25.0 Å². The largest absolute Gasteiger partial charge is 0.309 e. The number of para-hydroxylation sites is 1. The Morgan fingerprint density at radius 3 is 2.31 bits per heavy atom. The van der Waals surface area contributed by atoms with Crippen molar-refractivity contribution >= 4 is 29.3 Å². The van der Waals surface area contributed by atoms with Gasteiger partial charge in [-0.2, -0.15) is 0 Å². The van der Waals surface area contributed by atoms with Crippen LogP contribution in [0.4, 0.5) is 5.69 Å². The maximum absolute atomic E-state index is 13.1. The van der Waals surface area contributed by atoms with Crippen LogP contribution in [0.15, 0.2) is 29.3 Å². The third kappa shape index (κ3) is 4.68. The third-order valence-corrected chi connectivity index (χ3v) is 5.88. The molecule has 1 aromatic carbocycles. The van der Waals surface area contributed by atoms with E-state index in [2.05, 4.69) is 18.7 Å². The molecule has 0 unspecified atom stereocenters. The number of benzene rings is 1. The number of amides is 2. The average Bonchev–Trinajstić information content (AvgIpc) is 2.92. The van der Waals surface area contributed by atoms with Crippen LogP contribution in [-0.4, -0.2) is 60.6 Å². The molecule has 0 N–H and O–H groups in total. The summed E-state index contributed by atoms with van der Waals surface area (Å²) in [5.74, 6) is 0.368. The molecule has 5 nitrogen and oxygen atoms in total. The molecule has 0 spiro atoms. The van der Waals surface area contributed by atoms with Crippen LogP contribution in [0, 0.1) is 13.8 Å². The van der Waals surface area contributed by atoms with Crippen molar-refractivity contribution in [3.05, 3.63) is 40.4 Å². The highest BCUT2D eigenvalue weighted by Gasteiger charge is 2.26. The van der Waals surface area contributed by atoms with Crippen LogP contribution in [0.5, 0.6) is 0 Å². The second-order valence-electron chi connectivity index (χ2n) is 6.48.